The van der Waals surface area contributed by atoms with Crippen molar-refractivity contribution in [3.05, 3.63) is 27.2 Å². The molecule has 2 rings (SSSR count). The predicted molar refractivity (Wildman–Crippen MR) is 111 cm³/mol. The zero-order valence-electron chi connectivity index (χ0n) is 16.3. The molecule has 0 radical (unpaired) electrons. The summed E-state index contributed by atoms with van der Waals surface area (Å²) in [5, 5.41) is 4.68. The fraction of sp³-hybridized carbons (Fsp3) is 0.556. The van der Waals surface area contributed by atoms with Crippen molar-refractivity contribution in [2.75, 3.05) is 27.0 Å². The molecule has 0 saturated carbocycles. The van der Waals surface area contributed by atoms with E-state index in [4.69, 9.17) is 21.7 Å². The standard InChI is InChI=1S/C18H27N3O2S3/c1-12(2)10-25-17-19-21(18(24)26-17)11-20(4)9-14-8-16(23-6)15(22-5)7-13(14)3/h7-8,12H,9-11H2,1-6H3/p+1. The van der Waals surface area contributed by atoms with Crippen molar-refractivity contribution in [2.45, 2.75) is 38.3 Å². The van der Waals surface area contributed by atoms with Crippen molar-refractivity contribution >= 4 is 35.3 Å². The van der Waals surface area contributed by atoms with E-state index >= 15 is 0 Å². The lowest BCUT2D eigenvalue weighted by molar-refractivity contribution is -0.917. The van der Waals surface area contributed by atoms with Crippen molar-refractivity contribution in [1.82, 2.24) is 9.78 Å². The average Bonchev–Trinajstić information content (AvgIpc) is 2.94. The molecule has 0 spiro atoms. The van der Waals surface area contributed by atoms with Crippen LogP contribution in [0.1, 0.15) is 25.0 Å². The van der Waals surface area contributed by atoms with Crippen LogP contribution in [-0.4, -0.2) is 36.8 Å². The Morgan fingerprint density at radius 2 is 1.92 bits per heavy atom. The summed E-state index contributed by atoms with van der Waals surface area (Å²) in [6, 6.07) is 4.08. The van der Waals surface area contributed by atoms with E-state index in [0.29, 0.717) is 5.92 Å². The Kier molecular flexibility index (Phi) is 7.94. The van der Waals surface area contributed by atoms with E-state index in [-0.39, 0.29) is 0 Å². The Labute approximate surface area is 169 Å². The first-order valence-electron chi connectivity index (χ1n) is 8.57. The van der Waals surface area contributed by atoms with Gasteiger partial charge in [0.1, 0.15) is 6.54 Å². The number of ether oxygens (including phenoxy) is 2. The van der Waals surface area contributed by atoms with Crippen LogP contribution in [0.4, 0.5) is 0 Å². The van der Waals surface area contributed by atoms with Crippen LogP contribution >= 0.6 is 35.3 Å². The van der Waals surface area contributed by atoms with E-state index in [1.165, 1.54) is 16.0 Å². The summed E-state index contributed by atoms with van der Waals surface area (Å²) in [6.45, 7) is 8.13. The highest BCUT2D eigenvalue weighted by Crippen LogP contribution is 2.30. The first-order valence-corrected chi connectivity index (χ1v) is 10.8. The zero-order chi connectivity index (χ0) is 19.3. The summed E-state index contributed by atoms with van der Waals surface area (Å²) in [6.07, 6.45) is 0. The van der Waals surface area contributed by atoms with Gasteiger partial charge < -0.3 is 14.4 Å². The van der Waals surface area contributed by atoms with Gasteiger partial charge in [-0.2, -0.15) is 4.68 Å². The lowest BCUT2D eigenvalue weighted by Crippen LogP contribution is -3.07. The number of quaternary nitrogens is 1. The normalized spacial score (nSPS) is 12.4. The molecule has 0 aliphatic carbocycles. The fourth-order valence-electron chi connectivity index (χ4n) is 2.53. The molecular formula is C18H28N3O2S3+. The summed E-state index contributed by atoms with van der Waals surface area (Å²) in [7, 11) is 5.48. The Balaban J connectivity index is 2.07. The van der Waals surface area contributed by atoms with Gasteiger partial charge in [-0.1, -0.05) is 36.9 Å². The number of hydrogen-bond acceptors (Lipinski definition) is 6. The van der Waals surface area contributed by atoms with Crippen LogP contribution in [0.3, 0.4) is 0 Å². The summed E-state index contributed by atoms with van der Waals surface area (Å²) >= 11 is 8.87. The average molecular weight is 415 g/mol. The monoisotopic (exact) mass is 414 g/mol. The maximum absolute atomic E-state index is 5.49. The fourth-order valence-corrected chi connectivity index (χ4v) is 4.84. The number of nitrogens with one attached hydrogen (secondary N) is 1. The molecule has 1 heterocycles. The van der Waals surface area contributed by atoms with Crippen LogP contribution in [0.15, 0.2) is 16.5 Å². The summed E-state index contributed by atoms with van der Waals surface area (Å²) in [4.78, 5) is 1.31. The quantitative estimate of drug-likeness (QED) is 0.503. The van der Waals surface area contributed by atoms with Crippen LogP contribution in [0.5, 0.6) is 11.5 Å². The zero-order valence-corrected chi connectivity index (χ0v) is 18.7. The maximum Gasteiger partial charge on any atom is 0.185 e. The highest BCUT2D eigenvalue weighted by Gasteiger charge is 2.14. The first-order chi connectivity index (χ1) is 12.3. The van der Waals surface area contributed by atoms with Gasteiger partial charge in [-0.15, -0.1) is 5.10 Å². The van der Waals surface area contributed by atoms with Crippen LogP contribution in [-0.2, 0) is 13.2 Å². The van der Waals surface area contributed by atoms with Crippen molar-refractivity contribution in [1.29, 1.82) is 0 Å². The molecule has 5 nitrogen and oxygen atoms in total. The minimum atomic E-state index is 0.646. The van der Waals surface area contributed by atoms with Gasteiger partial charge in [0.2, 0.25) is 0 Å². The summed E-state index contributed by atoms with van der Waals surface area (Å²) < 4.78 is 14.6. The second-order valence-electron chi connectivity index (χ2n) is 6.76. The van der Waals surface area contributed by atoms with E-state index < -0.39 is 0 Å². The number of aryl methyl sites for hydroxylation is 1. The number of aromatic nitrogens is 2. The minimum absolute atomic E-state index is 0.646. The van der Waals surface area contributed by atoms with Crippen LogP contribution in [0.25, 0.3) is 0 Å². The Bertz CT molecular complexity index is 786. The predicted octanol–water partition coefficient (Wildman–Crippen LogP) is 3.42. The molecule has 0 saturated heterocycles. The molecule has 8 heteroatoms. The third kappa shape index (κ3) is 5.70. The molecule has 1 N–H and O–H groups in total. The lowest BCUT2D eigenvalue weighted by atomic mass is 10.1. The van der Waals surface area contributed by atoms with Crippen LogP contribution in [0.2, 0.25) is 0 Å². The molecule has 0 bridgehead atoms. The van der Waals surface area contributed by atoms with Gasteiger partial charge in [-0.25, -0.2) is 0 Å². The number of hydrogen-bond donors (Lipinski definition) is 1. The molecule has 0 fully saturated rings. The number of thioether (sulfide) groups is 1. The molecular weight excluding hydrogens is 386 g/mol. The maximum atomic E-state index is 5.49. The highest BCUT2D eigenvalue weighted by molar-refractivity contribution is 8.01. The van der Waals surface area contributed by atoms with Gasteiger partial charge in [-0.05, 0) is 42.8 Å². The Morgan fingerprint density at radius 1 is 1.27 bits per heavy atom. The van der Waals surface area contributed by atoms with E-state index in [2.05, 4.69) is 39.0 Å². The molecule has 1 aromatic heterocycles. The molecule has 0 aliphatic heterocycles. The number of rotatable bonds is 9. The number of methoxy groups -OCH3 is 2. The number of benzene rings is 1. The largest absolute Gasteiger partial charge is 0.493 e. The first kappa shape index (κ1) is 21.2. The minimum Gasteiger partial charge on any atom is -0.493 e. The van der Waals surface area contributed by atoms with Crippen LogP contribution in [0, 0.1) is 16.8 Å². The van der Waals surface area contributed by atoms with Gasteiger partial charge in [0.25, 0.3) is 0 Å². The molecule has 1 atom stereocenters. The second kappa shape index (κ2) is 9.73. The van der Waals surface area contributed by atoms with Gasteiger partial charge in [0.05, 0.1) is 21.3 Å². The SMILES string of the molecule is COc1cc(C)c(C[NH+](C)Cn2nc(SCC(C)C)sc2=S)cc1OC. The summed E-state index contributed by atoms with van der Waals surface area (Å²) in [5.74, 6) is 3.24. The molecule has 144 valence electrons. The molecule has 0 amide bonds. The molecule has 2 aromatic rings. The van der Waals surface area contributed by atoms with Crippen LogP contribution < -0.4 is 14.4 Å². The highest BCUT2D eigenvalue weighted by atomic mass is 32.2. The summed E-state index contributed by atoms with van der Waals surface area (Å²) in [5.41, 5.74) is 2.42. The van der Waals surface area contributed by atoms with Crippen molar-refractivity contribution in [2.24, 2.45) is 5.92 Å². The van der Waals surface area contributed by atoms with E-state index in [9.17, 15) is 0 Å². The van der Waals surface area contributed by atoms with E-state index in [1.807, 2.05) is 10.7 Å². The van der Waals surface area contributed by atoms with E-state index in [1.54, 1.807) is 37.3 Å². The molecule has 26 heavy (non-hydrogen) atoms. The lowest BCUT2D eigenvalue weighted by Gasteiger charge is -2.17. The Morgan fingerprint density at radius 3 is 2.54 bits per heavy atom. The van der Waals surface area contributed by atoms with Gasteiger partial charge in [0.15, 0.2) is 26.5 Å². The molecule has 1 unspecified atom stereocenters. The van der Waals surface area contributed by atoms with Gasteiger partial charge >= 0.3 is 0 Å². The third-order valence-corrected chi connectivity index (χ3v) is 6.75. The van der Waals surface area contributed by atoms with Crippen molar-refractivity contribution in [3.63, 3.8) is 0 Å². The smallest absolute Gasteiger partial charge is 0.185 e. The van der Waals surface area contributed by atoms with E-state index in [0.717, 1.165) is 38.8 Å². The number of nitrogens with zero attached hydrogens (tertiary/aromatic N) is 2. The van der Waals surface area contributed by atoms with Gasteiger partial charge in [0, 0.05) is 11.3 Å². The van der Waals surface area contributed by atoms with Crippen molar-refractivity contribution < 1.29 is 14.4 Å². The van der Waals surface area contributed by atoms with Gasteiger partial charge in [-0.3, -0.25) is 0 Å². The third-order valence-electron chi connectivity index (χ3n) is 3.88. The second-order valence-corrected chi connectivity index (χ2v) is 9.65. The molecule has 0 aliphatic rings. The topological polar surface area (TPSA) is 40.7 Å². The van der Waals surface area contributed by atoms with Crippen molar-refractivity contribution in [3.8, 4) is 11.5 Å². The molecule has 1 aromatic carbocycles. The Hall–Kier alpha value is -1.09.